The summed E-state index contributed by atoms with van der Waals surface area (Å²) < 4.78 is 5.58. The maximum atomic E-state index is 11.6. The molecule has 1 N–H and O–H groups in total. The number of nitrogens with one attached hydrogen (secondary N) is 1. The third-order valence-corrected chi connectivity index (χ3v) is 4.11. The highest BCUT2D eigenvalue weighted by atomic mass is 32.2. The highest BCUT2D eigenvalue weighted by Gasteiger charge is 2.15. The van der Waals surface area contributed by atoms with Gasteiger partial charge in [0, 0.05) is 12.1 Å². The van der Waals surface area contributed by atoms with E-state index in [0.29, 0.717) is 24.1 Å². The normalized spacial score (nSPS) is 11.1. The molecule has 0 saturated carbocycles. The first-order chi connectivity index (χ1) is 11.4. The molecule has 0 atom stereocenters. The lowest BCUT2D eigenvalue weighted by Crippen LogP contribution is -2.25. The molecule has 1 heterocycles. The second kappa shape index (κ2) is 7.97. The van der Waals surface area contributed by atoms with Gasteiger partial charge in [-0.3, -0.25) is 4.79 Å². The van der Waals surface area contributed by atoms with E-state index in [1.165, 1.54) is 17.3 Å². The maximum absolute atomic E-state index is 11.6. The van der Waals surface area contributed by atoms with Crippen LogP contribution in [-0.2, 0) is 10.2 Å². The van der Waals surface area contributed by atoms with Crippen LogP contribution in [0.5, 0.6) is 0 Å². The van der Waals surface area contributed by atoms with E-state index in [-0.39, 0.29) is 17.1 Å². The molecule has 0 spiro atoms. The minimum absolute atomic E-state index is 0.0906. The summed E-state index contributed by atoms with van der Waals surface area (Å²) in [5, 5.41) is 19.4. The zero-order chi connectivity index (χ0) is 17.6. The Morgan fingerprint density at radius 2 is 2.00 bits per heavy atom. The number of carbonyl (C=O) groups excluding carboxylic acids is 1. The van der Waals surface area contributed by atoms with Crippen molar-refractivity contribution in [1.29, 1.82) is 5.26 Å². The van der Waals surface area contributed by atoms with Gasteiger partial charge in [0.25, 0.3) is 5.22 Å². The highest BCUT2D eigenvalue weighted by molar-refractivity contribution is 7.99. The summed E-state index contributed by atoms with van der Waals surface area (Å²) >= 11 is 1.17. The van der Waals surface area contributed by atoms with Crippen molar-refractivity contribution in [2.45, 2.75) is 37.8 Å². The molecule has 6 nitrogen and oxygen atoms in total. The minimum Gasteiger partial charge on any atom is -0.411 e. The Kier molecular flexibility index (Phi) is 5.99. The van der Waals surface area contributed by atoms with Crippen LogP contribution in [0, 0.1) is 11.3 Å². The zero-order valence-corrected chi connectivity index (χ0v) is 14.8. The summed E-state index contributed by atoms with van der Waals surface area (Å²) in [5.41, 5.74) is 2.17. The molecule has 0 saturated heterocycles. The van der Waals surface area contributed by atoms with E-state index in [1.807, 2.05) is 18.2 Å². The minimum atomic E-state index is -0.162. The Labute approximate surface area is 145 Å². The number of nitrogens with zero attached hydrogens (tertiary/aromatic N) is 3. The van der Waals surface area contributed by atoms with Crippen LogP contribution in [0.2, 0.25) is 0 Å². The molecule has 1 aromatic heterocycles. The van der Waals surface area contributed by atoms with Crippen LogP contribution in [0.4, 0.5) is 0 Å². The van der Waals surface area contributed by atoms with Crippen molar-refractivity contribution in [3.8, 4) is 17.5 Å². The third-order valence-electron chi connectivity index (χ3n) is 3.29. The van der Waals surface area contributed by atoms with Gasteiger partial charge in [0.15, 0.2) is 0 Å². The quantitative estimate of drug-likeness (QED) is 0.639. The Morgan fingerprint density at radius 1 is 1.29 bits per heavy atom. The lowest BCUT2D eigenvalue weighted by Gasteiger charge is -2.18. The van der Waals surface area contributed by atoms with Crippen LogP contribution in [0.25, 0.3) is 11.5 Å². The second-order valence-corrected chi connectivity index (χ2v) is 7.17. The van der Waals surface area contributed by atoms with Crippen molar-refractivity contribution in [1.82, 2.24) is 15.5 Å². The molecule has 126 valence electrons. The van der Waals surface area contributed by atoms with E-state index in [1.54, 1.807) is 0 Å². The summed E-state index contributed by atoms with van der Waals surface area (Å²) in [5.74, 6) is 0.447. The van der Waals surface area contributed by atoms with E-state index in [2.05, 4.69) is 48.4 Å². The van der Waals surface area contributed by atoms with Crippen LogP contribution < -0.4 is 5.32 Å². The van der Waals surface area contributed by atoms with Gasteiger partial charge in [-0.15, -0.1) is 10.2 Å². The summed E-state index contributed by atoms with van der Waals surface area (Å²) in [6.07, 6.45) is 0.297. The summed E-state index contributed by atoms with van der Waals surface area (Å²) in [7, 11) is 0. The molecule has 0 unspecified atom stereocenters. The molecule has 24 heavy (non-hydrogen) atoms. The molecule has 0 fully saturated rings. The van der Waals surface area contributed by atoms with Crippen molar-refractivity contribution in [3.05, 3.63) is 29.8 Å². The lowest BCUT2D eigenvalue weighted by atomic mass is 9.87. The summed E-state index contributed by atoms with van der Waals surface area (Å²) in [6.45, 7) is 6.83. The molecular weight excluding hydrogens is 324 g/mol. The van der Waals surface area contributed by atoms with Gasteiger partial charge in [0.1, 0.15) is 0 Å². The van der Waals surface area contributed by atoms with Crippen LogP contribution in [0.15, 0.2) is 33.9 Å². The number of benzene rings is 1. The van der Waals surface area contributed by atoms with E-state index in [4.69, 9.17) is 9.68 Å². The van der Waals surface area contributed by atoms with Crippen molar-refractivity contribution < 1.29 is 9.21 Å². The molecule has 7 heteroatoms. The van der Waals surface area contributed by atoms with Gasteiger partial charge in [-0.2, -0.15) is 5.26 Å². The Bertz CT molecular complexity index is 726. The first-order valence-electron chi connectivity index (χ1n) is 7.61. The van der Waals surface area contributed by atoms with Crippen molar-refractivity contribution in [3.63, 3.8) is 0 Å². The van der Waals surface area contributed by atoms with E-state index < -0.39 is 0 Å². The van der Waals surface area contributed by atoms with E-state index in [9.17, 15) is 4.79 Å². The number of thioether (sulfide) groups is 1. The van der Waals surface area contributed by atoms with Gasteiger partial charge in [-0.25, -0.2) is 0 Å². The largest absolute Gasteiger partial charge is 0.411 e. The maximum Gasteiger partial charge on any atom is 0.277 e. The lowest BCUT2D eigenvalue weighted by molar-refractivity contribution is -0.118. The number of aromatic nitrogens is 2. The number of hydrogen-bond donors (Lipinski definition) is 1. The first kappa shape index (κ1) is 18.0. The second-order valence-electron chi connectivity index (χ2n) is 6.25. The van der Waals surface area contributed by atoms with Crippen molar-refractivity contribution in [2.75, 3.05) is 12.3 Å². The topological polar surface area (TPSA) is 91.8 Å². The fourth-order valence-corrected chi connectivity index (χ4v) is 2.53. The molecule has 1 amide bonds. The van der Waals surface area contributed by atoms with Crippen LogP contribution in [0.3, 0.4) is 0 Å². The third kappa shape index (κ3) is 5.10. The molecule has 2 aromatic rings. The van der Waals surface area contributed by atoms with Gasteiger partial charge in [0.2, 0.25) is 11.8 Å². The Balaban J connectivity index is 1.93. The SMILES string of the molecule is CC(C)(C)c1ccc(-c2nnc(SCC(=O)NCCC#N)o2)cc1. The zero-order valence-electron chi connectivity index (χ0n) is 14.0. The standard InChI is InChI=1S/C17H20N4O2S/c1-17(2,3)13-7-5-12(6-8-13)15-20-21-16(23-15)24-11-14(22)19-10-4-9-18/h5-8H,4,10-11H2,1-3H3,(H,19,22). The molecule has 0 radical (unpaired) electrons. The molecule has 2 rings (SSSR count). The monoisotopic (exact) mass is 344 g/mol. The Hall–Kier alpha value is -2.33. The predicted octanol–water partition coefficient (Wildman–Crippen LogP) is 3.16. The van der Waals surface area contributed by atoms with Gasteiger partial charge in [0.05, 0.1) is 18.2 Å². The molecule has 0 aliphatic rings. The van der Waals surface area contributed by atoms with Crippen LogP contribution in [-0.4, -0.2) is 28.4 Å². The number of amides is 1. The van der Waals surface area contributed by atoms with Gasteiger partial charge in [-0.05, 0) is 23.1 Å². The average molecular weight is 344 g/mol. The average Bonchev–Trinajstić information content (AvgIpc) is 3.01. The van der Waals surface area contributed by atoms with Gasteiger partial charge >= 0.3 is 0 Å². The summed E-state index contributed by atoms with van der Waals surface area (Å²) in [6, 6.07) is 9.98. The van der Waals surface area contributed by atoms with Gasteiger partial charge in [-0.1, -0.05) is 44.7 Å². The Morgan fingerprint density at radius 3 is 2.62 bits per heavy atom. The highest BCUT2D eigenvalue weighted by Crippen LogP contribution is 2.27. The first-order valence-corrected chi connectivity index (χ1v) is 8.59. The smallest absolute Gasteiger partial charge is 0.277 e. The van der Waals surface area contributed by atoms with Crippen LogP contribution in [0.1, 0.15) is 32.8 Å². The van der Waals surface area contributed by atoms with E-state index >= 15 is 0 Å². The molecule has 0 bridgehead atoms. The molecule has 1 aromatic carbocycles. The van der Waals surface area contributed by atoms with Gasteiger partial charge < -0.3 is 9.73 Å². The molecular formula is C17H20N4O2S. The van der Waals surface area contributed by atoms with E-state index in [0.717, 1.165) is 5.56 Å². The predicted molar refractivity (Wildman–Crippen MR) is 92.4 cm³/mol. The number of carbonyl (C=O) groups is 1. The fraction of sp³-hybridized carbons (Fsp3) is 0.412. The fourth-order valence-electron chi connectivity index (χ4n) is 1.93. The molecule has 0 aliphatic heterocycles. The number of hydrogen-bond acceptors (Lipinski definition) is 6. The van der Waals surface area contributed by atoms with Crippen molar-refractivity contribution >= 4 is 17.7 Å². The van der Waals surface area contributed by atoms with Crippen LogP contribution >= 0.6 is 11.8 Å². The summed E-state index contributed by atoms with van der Waals surface area (Å²) in [4.78, 5) is 11.6. The molecule has 0 aliphatic carbocycles. The number of rotatable bonds is 6. The number of nitriles is 1. The van der Waals surface area contributed by atoms with Crippen molar-refractivity contribution in [2.24, 2.45) is 0 Å².